The Kier molecular flexibility index (Phi) is 9.50. The number of nitrogens with zero attached hydrogens (tertiary/aromatic N) is 3. The summed E-state index contributed by atoms with van der Waals surface area (Å²) in [5, 5.41) is 8.40. The number of hydrogen-bond acceptors (Lipinski definition) is 5. The van der Waals surface area contributed by atoms with Gasteiger partial charge in [-0.2, -0.15) is 4.98 Å². The van der Waals surface area contributed by atoms with Gasteiger partial charge in [-0.25, -0.2) is 4.98 Å². The Labute approximate surface area is 228 Å². The summed E-state index contributed by atoms with van der Waals surface area (Å²) in [6, 6.07) is 27.9. The van der Waals surface area contributed by atoms with Gasteiger partial charge in [-0.1, -0.05) is 86.3 Å². The van der Waals surface area contributed by atoms with Gasteiger partial charge in [0.1, 0.15) is 5.82 Å². The number of benzene rings is 3. The quantitative estimate of drug-likeness (QED) is 0.233. The summed E-state index contributed by atoms with van der Waals surface area (Å²) < 4.78 is 0. The van der Waals surface area contributed by atoms with Crippen LogP contribution in [0.3, 0.4) is 0 Å². The van der Waals surface area contributed by atoms with E-state index in [2.05, 4.69) is 88.3 Å². The molecule has 3 aromatic carbocycles. The predicted molar refractivity (Wildman–Crippen MR) is 163 cm³/mol. The van der Waals surface area contributed by atoms with Crippen LogP contribution in [-0.2, 0) is 6.54 Å². The van der Waals surface area contributed by atoms with Crippen molar-refractivity contribution in [2.24, 2.45) is 5.92 Å². The fourth-order valence-corrected chi connectivity index (χ4v) is 5.08. The summed E-state index contributed by atoms with van der Waals surface area (Å²) in [4.78, 5) is 11.7. The number of hydrogen-bond donors (Lipinski definition) is 2. The van der Waals surface area contributed by atoms with Crippen LogP contribution >= 0.6 is 0 Å². The molecule has 0 amide bonds. The van der Waals surface area contributed by atoms with E-state index in [1.54, 1.807) is 0 Å². The van der Waals surface area contributed by atoms with E-state index in [1.165, 1.54) is 29.5 Å². The molecular formula is C33H41N5. The molecule has 0 saturated heterocycles. The van der Waals surface area contributed by atoms with Gasteiger partial charge in [0.2, 0.25) is 5.95 Å². The molecule has 198 valence electrons. The van der Waals surface area contributed by atoms with Crippen molar-refractivity contribution in [3.8, 4) is 0 Å². The topological polar surface area (TPSA) is 53.1 Å². The monoisotopic (exact) mass is 507 g/mol. The zero-order valence-corrected chi connectivity index (χ0v) is 21.9. The third-order valence-electron chi connectivity index (χ3n) is 7.20. The molecule has 5 nitrogen and oxygen atoms in total. The molecule has 1 saturated carbocycles. The Morgan fingerprint density at radius 1 is 0.789 bits per heavy atom. The van der Waals surface area contributed by atoms with Gasteiger partial charge in [0.15, 0.2) is 0 Å². The molecular weight excluding hydrogens is 466 g/mol. The molecule has 0 aliphatic heterocycles. The van der Waals surface area contributed by atoms with Gasteiger partial charge in [-0.3, -0.25) is 0 Å². The molecule has 1 fully saturated rings. The molecule has 0 radical (unpaired) electrons. The smallest absolute Gasteiger partial charge is 0.225 e. The van der Waals surface area contributed by atoms with E-state index >= 15 is 0 Å². The number of rotatable bonds is 9. The molecule has 2 N–H and O–H groups in total. The van der Waals surface area contributed by atoms with E-state index < -0.39 is 0 Å². The first-order valence-corrected chi connectivity index (χ1v) is 13.4. The van der Waals surface area contributed by atoms with Crippen molar-refractivity contribution in [2.75, 3.05) is 30.9 Å². The van der Waals surface area contributed by atoms with Crippen LogP contribution in [-0.4, -0.2) is 36.6 Å². The molecule has 4 aromatic rings. The number of anilines is 2. The maximum Gasteiger partial charge on any atom is 0.225 e. The highest BCUT2D eigenvalue weighted by Crippen LogP contribution is 2.28. The normalized spacial score (nSPS) is 17.3. The van der Waals surface area contributed by atoms with E-state index in [1.807, 2.05) is 32.3 Å². The van der Waals surface area contributed by atoms with Gasteiger partial charge in [0.05, 0.1) is 5.52 Å². The maximum atomic E-state index is 4.82. The lowest BCUT2D eigenvalue weighted by atomic mass is 9.86. The lowest BCUT2D eigenvalue weighted by molar-refractivity contribution is 0.324. The molecule has 5 heteroatoms. The van der Waals surface area contributed by atoms with Crippen LogP contribution in [0, 0.1) is 5.92 Å². The lowest BCUT2D eigenvalue weighted by Crippen LogP contribution is -2.31. The molecule has 0 atom stereocenters. The van der Waals surface area contributed by atoms with Gasteiger partial charge in [0, 0.05) is 32.1 Å². The molecule has 1 heterocycles. The van der Waals surface area contributed by atoms with E-state index in [0.717, 1.165) is 54.5 Å². The van der Waals surface area contributed by atoms with Crippen molar-refractivity contribution >= 4 is 34.8 Å². The lowest BCUT2D eigenvalue weighted by Gasteiger charge is -2.29. The minimum absolute atomic E-state index is 0. The fraction of sp³-hybridized carbons (Fsp3) is 0.333. The highest BCUT2D eigenvalue weighted by Gasteiger charge is 2.22. The fourth-order valence-electron chi connectivity index (χ4n) is 5.08. The Morgan fingerprint density at radius 2 is 1.45 bits per heavy atom. The zero-order valence-electron chi connectivity index (χ0n) is 21.9. The van der Waals surface area contributed by atoms with Crippen LogP contribution in [0.4, 0.5) is 11.8 Å². The summed E-state index contributed by atoms with van der Waals surface area (Å²) in [5.41, 5.74) is 4.77. The molecule has 0 unspecified atom stereocenters. The standard InChI is InChI=1S/C32H37N5.CH4/c1-37(2)31-29-10-6-7-11-30(29)35-32(36-31)34-28-20-18-27(19-21-28)23-33-22-26-16-14-25(15-17-26)13-12-24-8-4-3-5-9-24;/h3-17,27-28,33H,18-23H2,1-2H3,(H,34,35,36);1H4/b13-12+;. The Morgan fingerprint density at radius 3 is 2.16 bits per heavy atom. The molecule has 1 aliphatic rings. The second kappa shape index (κ2) is 13.2. The number of para-hydroxylation sites is 1. The van der Waals surface area contributed by atoms with Crippen LogP contribution in [0.25, 0.3) is 23.1 Å². The van der Waals surface area contributed by atoms with Crippen LogP contribution in [0.1, 0.15) is 49.8 Å². The average molecular weight is 508 g/mol. The average Bonchev–Trinajstić information content (AvgIpc) is 2.93. The zero-order chi connectivity index (χ0) is 25.5. The van der Waals surface area contributed by atoms with Crippen molar-refractivity contribution < 1.29 is 0 Å². The molecule has 1 aromatic heterocycles. The highest BCUT2D eigenvalue weighted by atomic mass is 15.2. The Hall–Kier alpha value is -3.70. The van der Waals surface area contributed by atoms with Gasteiger partial charge >= 0.3 is 0 Å². The molecule has 0 spiro atoms. The first-order valence-electron chi connectivity index (χ1n) is 13.4. The van der Waals surface area contributed by atoms with Gasteiger partial charge in [-0.15, -0.1) is 0 Å². The van der Waals surface area contributed by atoms with Crippen LogP contribution in [0.15, 0.2) is 78.9 Å². The van der Waals surface area contributed by atoms with Gasteiger partial charge in [0.25, 0.3) is 0 Å². The van der Waals surface area contributed by atoms with Crippen molar-refractivity contribution in [3.05, 3.63) is 95.6 Å². The summed E-state index contributed by atoms with van der Waals surface area (Å²) in [7, 11) is 4.07. The molecule has 38 heavy (non-hydrogen) atoms. The van der Waals surface area contributed by atoms with Crippen molar-refractivity contribution in [2.45, 2.75) is 45.7 Å². The Bertz CT molecular complexity index is 1310. The third kappa shape index (κ3) is 7.20. The Balaban J connectivity index is 0.00000336. The second-order valence-corrected chi connectivity index (χ2v) is 10.3. The minimum Gasteiger partial charge on any atom is -0.362 e. The maximum absolute atomic E-state index is 4.82. The van der Waals surface area contributed by atoms with Crippen LogP contribution in [0.2, 0.25) is 0 Å². The van der Waals surface area contributed by atoms with Crippen molar-refractivity contribution in [1.29, 1.82) is 0 Å². The number of aromatic nitrogens is 2. The number of nitrogens with one attached hydrogen (secondary N) is 2. The molecule has 1 aliphatic carbocycles. The first kappa shape index (κ1) is 27.3. The van der Waals surface area contributed by atoms with E-state index in [0.29, 0.717) is 6.04 Å². The van der Waals surface area contributed by atoms with Gasteiger partial charge in [-0.05, 0) is 67.0 Å². The minimum atomic E-state index is 0. The third-order valence-corrected chi connectivity index (χ3v) is 7.20. The van der Waals surface area contributed by atoms with Gasteiger partial charge < -0.3 is 15.5 Å². The summed E-state index contributed by atoms with van der Waals surface area (Å²) in [6.07, 6.45) is 9.09. The summed E-state index contributed by atoms with van der Waals surface area (Å²) in [5.74, 6) is 2.43. The summed E-state index contributed by atoms with van der Waals surface area (Å²) >= 11 is 0. The van der Waals surface area contributed by atoms with Crippen molar-refractivity contribution in [1.82, 2.24) is 15.3 Å². The second-order valence-electron chi connectivity index (χ2n) is 10.3. The molecule has 5 rings (SSSR count). The molecule has 0 bridgehead atoms. The van der Waals surface area contributed by atoms with E-state index in [-0.39, 0.29) is 7.43 Å². The van der Waals surface area contributed by atoms with Crippen molar-refractivity contribution in [3.63, 3.8) is 0 Å². The van der Waals surface area contributed by atoms with Crippen LogP contribution < -0.4 is 15.5 Å². The summed E-state index contributed by atoms with van der Waals surface area (Å²) in [6.45, 7) is 1.98. The predicted octanol–water partition coefficient (Wildman–Crippen LogP) is 7.26. The van der Waals surface area contributed by atoms with E-state index in [4.69, 9.17) is 9.97 Å². The van der Waals surface area contributed by atoms with Crippen LogP contribution in [0.5, 0.6) is 0 Å². The first-order chi connectivity index (χ1) is 18.1. The largest absolute Gasteiger partial charge is 0.362 e. The SMILES string of the molecule is C.CN(C)c1nc(NC2CCC(CNCc3ccc(/C=C/c4ccccc4)cc3)CC2)nc2ccccc12. The van der Waals surface area contributed by atoms with E-state index in [9.17, 15) is 0 Å². The number of fused-ring (bicyclic) bond motifs is 1. The highest BCUT2D eigenvalue weighted by molar-refractivity contribution is 5.90.